The SMILES string of the molecule is C=C(C)C(=O)N1CCCC1c1nnc2n1CCN(C(C)=O)C2. The lowest BCUT2D eigenvalue weighted by Crippen LogP contribution is -2.38. The quantitative estimate of drug-likeness (QED) is 0.760. The van der Waals surface area contributed by atoms with Gasteiger partial charge in [0.15, 0.2) is 11.6 Å². The molecule has 0 spiro atoms. The maximum absolute atomic E-state index is 12.3. The van der Waals surface area contributed by atoms with Crippen molar-refractivity contribution in [2.45, 2.75) is 45.8 Å². The summed E-state index contributed by atoms with van der Waals surface area (Å²) in [5.41, 5.74) is 0.549. The van der Waals surface area contributed by atoms with Crippen LogP contribution in [-0.2, 0) is 22.7 Å². The smallest absolute Gasteiger partial charge is 0.249 e. The highest BCUT2D eigenvalue weighted by Crippen LogP contribution is 2.32. The van der Waals surface area contributed by atoms with Gasteiger partial charge in [-0.15, -0.1) is 10.2 Å². The molecule has 0 saturated carbocycles. The van der Waals surface area contributed by atoms with Gasteiger partial charge >= 0.3 is 0 Å². The van der Waals surface area contributed by atoms with Gasteiger partial charge in [0.2, 0.25) is 11.8 Å². The minimum absolute atomic E-state index is 0.0129. The molecule has 1 unspecified atom stereocenters. The van der Waals surface area contributed by atoms with Gasteiger partial charge in [-0.05, 0) is 19.8 Å². The molecule has 118 valence electrons. The standard InChI is InChI=1S/C15H21N5O2/c1-10(2)15(22)19-6-4-5-12(19)14-17-16-13-9-18(11(3)21)7-8-20(13)14/h12H,1,4-9H2,2-3H3. The topological polar surface area (TPSA) is 71.3 Å². The molecular formula is C15H21N5O2. The average molecular weight is 303 g/mol. The summed E-state index contributed by atoms with van der Waals surface area (Å²) < 4.78 is 2.06. The number of fused-ring (bicyclic) bond motifs is 1. The predicted octanol–water partition coefficient (Wildman–Crippen LogP) is 0.880. The first-order valence-corrected chi connectivity index (χ1v) is 7.63. The van der Waals surface area contributed by atoms with E-state index in [2.05, 4.69) is 21.3 Å². The van der Waals surface area contributed by atoms with Crippen molar-refractivity contribution in [1.29, 1.82) is 0 Å². The monoisotopic (exact) mass is 303 g/mol. The molecule has 22 heavy (non-hydrogen) atoms. The largest absolute Gasteiger partial charge is 0.334 e. The van der Waals surface area contributed by atoms with Gasteiger partial charge in [0.25, 0.3) is 0 Å². The molecule has 0 radical (unpaired) electrons. The number of nitrogens with zero attached hydrogens (tertiary/aromatic N) is 5. The Morgan fingerprint density at radius 2 is 1.95 bits per heavy atom. The van der Waals surface area contributed by atoms with E-state index in [1.54, 1.807) is 18.7 Å². The number of hydrogen-bond donors (Lipinski definition) is 0. The molecule has 0 aliphatic carbocycles. The Morgan fingerprint density at radius 1 is 1.18 bits per heavy atom. The molecule has 2 amide bonds. The number of carbonyl (C=O) groups excluding carboxylic acids is 2. The molecule has 1 aromatic rings. The Bertz CT molecular complexity index is 636. The minimum atomic E-state index is -0.0330. The highest BCUT2D eigenvalue weighted by atomic mass is 16.2. The molecule has 7 heteroatoms. The summed E-state index contributed by atoms with van der Waals surface area (Å²) >= 11 is 0. The van der Waals surface area contributed by atoms with E-state index in [1.807, 2.05) is 4.90 Å². The third-order valence-electron chi connectivity index (χ3n) is 4.40. The van der Waals surface area contributed by atoms with E-state index in [9.17, 15) is 9.59 Å². The first kappa shape index (κ1) is 14.7. The first-order valence-electron chi connectivity index (χ1n) is 7.63. The Morgan fingerprint density at radius 3 is 2.64 bits per heavy atom. The molecule has 0 bridgehead atoms. The summed E-state index contributed by atoms with van der Waals surface area (Å²) in [4.78, 5) is 27.4. The molecule has 0 aromatic carbocycles. The van der Waals surface area contributed by atoms with Crippen LogP contribution in [0.5, 0.6) is 0 Å². The molecular weight excluding hydrogens is 282 g/mol. The van der Waals surface area contributed by atoms with E-state index in [4.69, 9.17) is 0 Å². The number of carbonyl (C=O) groups is 2. The van der Waals surface area contributed by atoms with Crippen LogP contribution >= 0.6 is 0 Å². The fourth-order valence-corrected chi connectivity index (χ4v) is 3.22. The lowest BCUT2D eigenvalue weighted by atomic mass is 10.2. The summed E-state index contributed by atoms with van der Waals surface area (Å²) in [7, 11) is 0. The highest BCUT2D eigenvalue weighted by molar-refractivity contribution is 5.92. The van der Waals surface area contributed by atoms with Crippen molar-refractivity contribution in [3.63, 3.8) is 0 Å². The van der Waals surface area contributed by atoms with Gasteiger partial charge in [-0.2, -0.15) is 0 Å². The Labute approximate surface area is 129 Å². The summed E-state index contributed by atoms with van der Waals surface area (Å²) in [6.07, 6.45) is 1.86. The fourth-order valence-electron chi connectivity index (χ4n) is 3.22. The van der Waals surface area contributed by atoms with Gasteiger partial charge in [0.1, 0.15) is 0 Å². The molecule has 1 atom stereocenters. The second kappa shape index (κ2) is 5.55. The van der Waals surface area contributed by atoms with Crippen LogP contribution in [0, 0.1) is 0 Å². The van der Waals surface area contributed by atoms with Gasteiger partial charge < -0.3 is 14.4 Å². The van der Waals surface area contributed by atoms with Crippen molar-refractivity contribution in [3.05, 3.63) is 23.8 Å². The number of likely N-dealkylation sites (tertiary alicyclic amines) is 1. The zero-order valence-electron chi connectivity index (χ0n) is 13.1. The van der Waals surface area contributed by atoms with Gasteiger partial charge in [0.05, 0.1) is 12.6 Å². The summed E-state index contributed by atoms with van der Waals surface area (Å²) in [5, 5.41) is 8.55. The lowest BCUT2D eigenvalue weighted by Gasteiger charge is -2.29. The van der Waals surface area contributed by atoms with Gasteiger partial charge in [-0.3, -0.25) is 9.59 Å². The van der Waals surface area contributed by atoms with Crippen LogP contribution in [0.15, 0.2) is 12.2 Å². The molecule has 2 aliphatic rings. The Kier molecular flexibility index (Phi) is 3.72. The number of aromatic nitrogens is 3. The second-order valence-corrected chi connectivity index (χ2v) is 6.00. The van der Waals surface area contributed by atoms with Crippen molar-refractivity contribution in [2.24, 2.45) is 0 Å². The summed E-state index contributed by atoms with van der Waals surface area (Å²) in [5.74, 6) is 1.67. The van der Waals surface area contributed by atoms with E-state index in [1.165, 1.54) is 0 Å². The van der Waals surface area contributed by atoms with Crippen LogP contribution in [0.3, 0.4) is 0 Å². The zero-order valence-corrected chi connectivity index (χ0v) is 13.1. The van der Waals surface area contributed by atoms with Crippen LogP contribution in [0.1, 0.15) is 44.4 Å². The molecule has 2 aliphatic heterocycles. The maximum atomic E-state index is 12.3. The van der Waals surface area contributed by atoms with Gasteiger partial charge in [-0.1, -0.05) is 6.58 Å². The van der Waals surface area contributed by atoms with E-state index >= 15 is 0 Å². The van der Waals surface area contributed by atoms with E-state index in [0.29, 0.717) is 25.2 Å². The van der Waals surface area contributed by atoms with E-state index in [0.717, 1.165) is 31.0 Å². The van der Waals surface area contributed by atoms with Crippen LogP contribution in [0.2, 0.25) is 0 Å². The highest BCUT2D eigenvalue weighted by Gasteiger charge is 2.35. The van der Waals surface area contributed by atoms with Gasteiger partial charge in [0, 0.05) is 32.1 Å². The molecule has 1 saturated heterocycles. The Hall–Kier alpha value is -2.18. The van der Waals surface area contributed by atoms with Crippen LogP contribution in [0.25, 0.3) is 0 Å². The zero-order chi connectivity index (χ0) is 15.9. The second-order valence-electron chi connectivity index (χ2n) is 6.00. The van der Waals surface area contributed by atoms with Crippen molar-refractivity contribution in [3.8, 4) is 0 Å². The molecule has 0 N–H and O–H groups in total. The molecule has 3 rings (SSSR count). The molecule has 3 heterocycles. The number of amides is 2. The van der Waals surface area contributed by atoms with E-state index in [-0.39, 0.29) is 17.9 Å². The Balaban J connectivity index is 1.86. The predicted molar refractivity (Wildman–Crippen MR) is 79.6 cm³/mol. The molecule has 1 aromatic heterocycles. The van der Waals surface area contributed by atoms with Gasteiger partial charge in [-0.25, -0.2) is 0 Å². The van der Waals surface area contributed by atoms with Crippen LogP contribution in [-0.4, -0.2) is 49.5 Å². The molecule has 1 fully saturated rings. The first-order chi connectivity index (χ1) is 10.5. The van der Waals surface area contributed by atoms with Crippen LogP contribution < -0.4 is 0 Å². The summed E-state index contributed by atoms with van der Waals surface area (Å²) in [6.45, 7) is 9.63. The van der Waals surface area contributed by atoms with Crippen molar-refractivity contribution in [2.75, 3.05) is 13.1 Å². The normalized spacial score (nSPS) is 20.9. The van der Waals surface area contributed by atoms with Crippen molar-refractivity contribution in [1.82, 2.24) is 24.6 Å². The van der Waals surface area contributed by atoms with Crippen molar-refractivity contribution < 1.29 is 9.59 Å². The fraction of sp³-hybridized carbons (Fsp3) is 0.600. The third kappa shape index (κ3) is 2.40. The number of rotatable bonds is 2. The minimum Gasteiger partial charge on any atom is -0.334 e. The van der Waals surface area contributed by atoms with Crippen LogP contribution in [0.4, 0.5) is 0 Å². The average Bonchev–Trinajstić information content (AvgIpc) is 3.11. The maximum Gasteiger partial charge on any atom is 0.249 e. The lowest BCUT2D eigenvalue weighted by molar-refractivity contribution is -0.130. The molecule has 7 nitrogen and oxygen atoms in total. The summed E-state index contributed by atoms with van der Waals surface area (Å²) in [6, 6.07) is -0.0330. The van der Waals surface area contributed by atoms with E-state index < -0.39 is 0 Å². The third-order valence-corrected chi connectivity index (χ3v) is 4.40. The number of hydrogen-bond acceptors (Lipinski definition) is 4. The van der Waals surface area contributed by atoms with Crippen molar-refractivity contribution >= 4 is 11.8 Å².